The van der Waals surface area contributed by atoms with E-state index in [0.29, 0.717) is 38.9 Å². The number of nitrogens with zero attached hydrogens (tertiary/aromatic N) is 7. The third-order valence-corrected chi connectivity index (χ3v) is 8.51. The first-order valence-corrected chi connectivity index (χ1v) is 15.0. The molecule has 11 nitrogen and oxygen atoms in total. The van der Waals surface area contributed by atoms with Crippen molar-refractivity contribution in [1.82, 2.24) is 25.0 Å². The van der Waals surface area contributed by atoms with Gasteiger partial charge in [0.15, 0.2) is 11.6 Å². The van der Waals surface area contributed by atoms with E-state index in [4.69, 9.17) is 4.74 Å². The maximum atomic E-state index is 13.8. The van der Waals surface area contributed by atoms with Crippen molar-refractivity contribution >= 4 is 49.9 Å². The Kier molecular flexibility index (Phi) is 7.52. The third kappa shape index (κ3) is 5.65. The fourth-order valence-electron chi connectivity index (χ4n) is 5.11. The Bertz CT molecular complexity index is 2060. The van der Waals surface area contributed by atoms with E-state index in [1.807, 2.05) is 20.8 Å². The Labute approximate surface area is 264 Å². The molecule has 46 heavy (non-hydrogen) atoms. The van der Waals surface area contributed by atoms with Gasteiger partial charge in [0.05, 0.1) is 44.3 Å². The van der Waals surface area contributed by atoms with Gasteiger partial charge >= 0.3 is 12.3 Å². The van der Waals surface area contributed by atoms with Gasteiger partial charge in [-0.2, -0.15) is 23.7 Å². The zero-order valence-electron chi connectivity index (χ0n) is 24.8. The van der Waals surface area contributed by atoms with Crippen LogP contribution in [0.1, 0.15) is 62.1 Å². The molecular weight excluding hydrogens is 619 g/mol. The second kappa shape index (κ2) is 11.3. The number of carbonyl (C=O) groups is 1. The molecule has 0 saturated heterocycles. The minimum atomic E-state index is -4.53. The molecule has 0 spiro atoms. The summed E-state index contributed by atoms with van der Waals surface area (Å²) in [5.74, 6) is 0. The number of hydrogen-bond donors (Lipinski definition) is 2. The van der Waals surface area contributed by atoms with Crippen molar-refractivity contribution in [3.63, 3.8) is 0 Å². The number of alkyl halides is 3. The number of rotatable bonds is 7. The molecular formula is C31H26F3N9O2S. The molecule has 1 unspecified atom stereocenters. The summed E-state index contributed by atoms with van der Waals surface area (Å²) in [6, 6.07) is 12.3. The van der Waals surface area contributed by atoms with Crippen LogP contribution in [0.5, 0.6) is 0 Å². The molecule has 1 atom stereocenters. The van der Waals surface area contributed by atoms with Gasteiger partial charge in [0.2, 0.25) is 0 Å². The fraction of sp³-hybridized carbons (Fsp3) is 0.323. The number of pyridine rings is 1. The number of anilines is 2. The Morgan fingerprint density at radius 2 is 1.91 bits per heavy atom. The second-order valence-corrected chi connectivity index (χ2v) is 13.0. The number of halogens is 3. The molecule has 2 aromatic carbocycles. The number of aromatic nitrogens is 5. The standard InChI is InChI=1S/C31H26F3N9O2S/c1-29(2,3)15-38-25-18(12-36)13-37-24-17(11-35)9-19(10-21(24)25)40-28(44)45-26(20-5-4-6-22-27(20)46-16-39-22)23-14-43(42-41-23)30(7-8-30)31(32,33)34/h4-6,9-10,13-14,16,26H,7-8,15H2,1-3H3,(H,37,38)(H,40,44). The molecule has 5 aromatic rings. The molecule has 2 N–H and O–H groups in total. The summed E-state index contributed by atoms with van der Waals surface area (Å²) < 4.78 is 48.9. The van der Waals surface area contributed by atoms with E-state index in [0.717, 1.165) is 10.9 Å². The smallest absolute Gasteiger partial charge is 0.413 e. The summed E-state index contributed by atoms with van der Waals surface area (Å²) >= 11 is 1.28. The van der Waals surface area contributed by atoms with Gasteiger partial charge in [-0.1, -0.05) is 38.1 Å². The van der Waals surface area contributed by atoms with E-state index in [-0.39, 0.29) is 40.8 Å². The Balaban J connectivity index is 1.36. The van der Waals surface area contributed by atoms with Crippen molar-refractivity contribution in [3.8, 4) is 12.1 Å². The highest BCUT2D eigenvalue weighted by Crippen LogP contribution is 2.55. The van der Waals surface area contributed by atoms with Gasteiger partial charge in [0.1, 0.15) is 17.8 Å². The number of thiazole rings is 1. The lowest BCUT2D eigenvalue weighted by Crippen LogP contribution is -2.35. The third-order valence-electron chi connectivity index (χ3n) is 7.62. The number of carbonyl (C=O) groups excluding carboxylic acids is 1. The van der Waals surface area contributed by atoms with Crippen LogP contribution in [0.2, 0.25) is 0 Å². The molecule has 3 heterocycles. The molecule has 1 aliphatic rings. The van der Waals surface area contributed by atoms with Crippen LogP contribution in [0.15, 0.2) is 48.2 Å². The van der Waals surface area contributed by atoms with Gasteiger partial charge in [-0.3, -0.25) is 10.3 Å². The minimum Gasteiger partial charge on any atom is -0.434 e. The Hall–Kier alpha value is -5.28. The second-order valence-electron chi connectivity index (χ2n) is 12.2. The van der Waals surface area contributed by atoms with Gasteiger partial charge in [-0.25, -0.2) is 14.5 Å². The molecule has 0 aliphatic heterocycles. The molecule has 1 aliphatic carbocycles. The summed E-state index contributed by atoms with van der Waals surface area (Å²) in [5.41, 5.74) is 1.78. The van der Waals surface area contributed by atoms with Crippen LogP contribution in [-0.4, -0.2) is 43.8 Å². The number of amides is 1. The quantitative estimate of drug-likeness (QED) is 0.190. The maximum Gasteiger partial charge on any atom is 0.413 e. The number of nitriles is 2. The highest BCUT2D eigenvalue weighted by molar-refractivity contribution is 7.17. The van der Waals surface area contributed by atoms with Crippen molar-refractivity contribution in [1.29, 1.82) is 10.5 Å². The van der Waals surface area contributed by atoms with E-state index >= 15 is 0 Å². The summed E-state index contributed by atoms with van der Waals surface area (Å²) in [7, 11) is 0. The van der Waals surface area contributed by atoms with E-state index < -0.39 is 23.9 Å². The van der Waals surface area contributed by atoms with Crippen molar-refractivity contribution < 1.29 is 22.7 Å². The Morgan fingerprint density at radius 3 is 2.59 bits per heavy atom. The lowest BCUT2D eigenvalue weighted by molar-refractivity contribution is -0.183. The number of nitrogens with one attached hydrogen (secondary N) is 2. The molecule has 1 saturated carbocycles. The van der Waals surface area contributed by atoms with Crippen molar-refractivity contribution in [3.05, 3.63) is 70.6 Å². The SMILES string of the molecule is CC(C)(C)CNc1c(C#N)cnc2c(C#N)cc(NC(=O)OC(c3cn(C4(C(F)(F)F)CC4)nn3)c3cccc4ncsc34)cc12. The number of ether oxygens (including phenoxy) is 1. The van der Waals surface area contributed by atoms with Gasteiger partial charge < -0.3 is 10.1 Å². The highest BCUT2D eigenvalue weighted by Gasteiger charge is 2.66. The first-order chi connectivity index (χ1) is 21.8. The van der Waals surface area contributed by atoms with Crippen LogP contribution in [0.4, 0.5) is 29.3 Å². The summed E-state index contributed by atoms with van der Waals surface area (Å²) in [6.45, 7) is 6.57. The molecule has 3 aromatic heterocycles. The van der Waals surface area contributed by atoms with E-state index in [2.05, 4.69) is 43.1 Å². The average Bonchev–Trinajstić information content (AvgIpc) is 3.44. The molecule has 6 rings (SSSR count). The van der Waals surface area contributed by atoms with Gasteiger partial charge in [-0.15, -0.1) is 16.4 Å². The summed E-state index contributed by atoms with van der Waals surface area (Å²) in [4.78, 5) is 22.1. The van der Waals surface area contributed by atoms with Gasteiger partial charge in [-0.05, 0) is 36.5 Å². The molecule has 0 radical (unpaired) electrons. The molecule has 234 valence electrons. The molecule has 1 amide bonds. The number of hydrogen-bond acceptors (Lipinski definition) is 10. The van der Waals surface area contributed by atoms with Crippen molar-refractivity contribution in [2.24, 2.45) is 5.41 Å². The number of fused-ring (bicyclic) bond motifs is 2. The zero-order valence-corrected chi connectivity index (χ0v) is 25.6. The van der Waals surface area contributed by atoms with Crippen LogP contribution < -0.4 is 10.6 Å². The Morgan fingerprint density at radius 1 is 1.15 bits per heavy atom. The van der Waals surface area contributed by atoms with Crippen LogP contribution in [0.3, 0.4) is 0 Å². The highest BCUT2D eigenvalue weighted by atomic mass is 32.1. The van der Waals surface area contributed by atoms with E-state index in [9.17, 15) is 28.5 Å². The van der Waals surface area contributed by atoms with Gasteiger partial charge in [0.25, 0.3) is 0 Å². The molecule has 0 bridgehead atoms. The van der Waals surface area contributed by atoms with Crippen LogP contribution in [-0.2, 0) is 10.3 Å². The fourth-order valence-corrected chi connectivity index (χ4v) is 5.93. The van der Waals surface area contributed by atoms with Crippen molar-refractivity contribution in [2.75, 3.05) is 17.2 Å². The van der Waals surface area contributed by atoms with Crippen LogP contribution >= 0.6 is 11.3 Å². The average molecular weight is 646 g/mol. The topological polar surface area (TPSA) is 154 Å². The molecule has 1 fully saturated rings. The first kappa shape index (κ1) is 30.7. The van der Waals surface area contributed by atoms with E-state index in [1.54, 1.807) is 29.8 Å². The monoisotopic (exact) mass is 645 g/mol. The largest absolute Gasteiger partial charge is 0.434 e. The summed E-state index contributed by atoms with van der Waals surface area (Å²) in [6.07, 6.45) is -4.45. The van der Waals surface area contributed by atoms with Crippen molar-refractivity contribution in [2.45, 2.75) is 51.4 Å². The first-order valence-electron chi connectivity index (χ1n) is 14.1. The minimum absolute atomic E-state index is 0.000621. The van der Waals surface area contributed by atoms with Gasteiger partial charge in [0, 0.05) is 29.4 Å². The lowest BCUT2D eigenvalue weighted by atomic mass is 9.96. The maximum absolute atomic E-state index is 13.8. The predicted octanol–water partition coefficient (Wildman–Crippen LogP) is 7.03. The summed E-state index contributed by atoms with van der Waals surface area (Å²) in [5, 5.41) is 33.8. The van der Waals surface area contributed by atoms with Crippen LogP contribution in [0.25, 0.3) is 21.1 Å². The zero-order chi connectivity index (χ0) is 32.9. The lowest BCUT2D eigenvalue weighted by Gasteiger charge is -2.21. The van der Waals surface area contributed by atoms with Crippen LogP contribution in [0, 0.1) is 28.1 Å². The van der Waals surface area contributed by atoms with E-state index in [1.165, 1.54) is 23.6 Å². The normalized spacial score (nSPS) is 14.8. The predicted molar refractivity (Wildman–Crippen MR) is 164 cm³/mol. The molecule has 15 heteroatoms. The number of benzene rings is 2.